The van der Waals surface area contributed by atoms with E-state index in [1.54, 1.807) is 26.6 Å². The first-order valence-electron chi connectivity index (χ1n) is 12.7. The second kappa shape index (κ2) is 12.7. The fourth-order valence-electron chi connectivity index (χ4n) is 4.07. The van der Waals surface area contributed by atoms with Gasteiger partial charge in [0.25, 0.3) is 6.33 Å². The zero-order valence-corrected chi connectivity index (χ0v) is 22.6. The van der Waals surface area contributed by atoms with Crippen molar-refractivity contribution in [3.8, 4) is 11.3 Å². The van der Waals surface area contributed by atoms with Crippen molar-refractivity contribution in [1.29, 1.82) is 0 Å². The number of benzene rings is 1. The Bertz CT molecular complexity index is 939. The van der Waals surface area contributed by atoms with Crippen LogP contribution in [0.5, 0.6) is 0 Å². The molecular weight excluding hydrogens is 430 g/mol. The third kappa shape index (κ3) is 8.25. The van der Waals surface area contributed by atoms with E-state index in [0.29, 0.717) is 0 Å². The average molecular weight is 477 g/mol. The van der Waals surface area contributed by atoms with E-state index in [4.69, 9.17) is 0 Å². The van der Waals surface area contributed by atoms with Crippen LogP contribution in [0.25, 0.3) is 11.3 Å². The Balaban J connectivity index is 2.05. The molecule has 0 N–H and O–H groups in total. The normalized spacial score (nSPS) is 12.6. The maximum Gasteiger partial charge on any atom is 0.379 e. The summed E-state index contributed by atoms with van der Waals surface area (Å²) in [6.07, 6.45) is 16.4. The van der Waals surface area contributed by atoms with Crippen LogP contribution in [-0.4, -0.2) is 31.4 Å². The molecule has 5 nitrogen and oxygen atoms in total. The summed E-state index contributed by atoms with van der Waals surface area (Å²) < 4.78 is 30.2. The Kier molecular flexibility index (Phi) is 10.6. The van der Waals surface area contributed by atoms with E-state index in [2.05, 4.69) is 56.5 Å². The number of aromatic nitrogens is 2. The number of nitrogens with zero attached hydrogens (tertiary/aromatic N) is 3. The van der Waals surface area contributed by atoms with Crippen molar-refractivity contribution in [2.45, 2.75) is 104 Å². The lowest BCUT2D eigenvalue weighted by molar-refractivity contribution is -0.514. The number of imidazole rings is 1. The van der Waals surface area contributed by atoms with E-state index in [9.17, 15) is 8.42 Å². The van der Waals surface area contributed by atoms with Gasteiger partial charge in [-0.1, -0.05) is 103 Å². The summed E-state index contributed by atoms with van der Waals surface area (Å²) >= 11 is 0. The van der Waals surface area contributed by atoms with Crippen LogP contribution in [-0.2, 0) is 22.2 Å². The SMILES string of the molecule is CCCCCCCCCCCCn1c[n+](S(=O)(=O)N(C)C)cc1-c1ccc(C(C)(C)C)cc1. The van der Waals surface area contributed by atoms with Gasteiger partial charge in [-0.2, -0.15) is 12.7 Å². The van der Waals surface area contributed by atoms with E-state index < -0.39 is 10.2 Å². The topological polar surface area (TPSA) is 46.2 Å². The maximum absolute atomic E-state index is 12.7. The molecule has 2 aromatic rings. The minimum absolute atomic E-state index is 0.0880. The smallest absolute Gasteiger partial charge is 0.229 e. The van der Waals surface area contributed by atoms with Gasteiger partial charge in [-0.05, 0) is 23.8 Å². The number of hydrogen-bond acceptors (Lipinski definition) is 2. The van der Waals surface area contributed by atoms with Gasteiger partial charge in [0.15, 0.2) is 11.9 Å². The summed E-state index contributed by atoms with van der Waals surface area (Å²) in [5.41, 5.74) is 3.34. The molecule has 0 aliphatic rings. The molecule has 0 fully saturated rings. The molecule has 2 rings (SSSR count). The number of rotatable bonds is 14. The van der Waals surface area contributed by atoms with E-state index in [1.165, 1.54) is 71.6 Å². The Morgan fingerprint density at radius 3 is 1.85 bits per heavy atom. The van der Waals surface area contributed by atoms with Crippen molar-refractivity contribution in [2.24, 2.45) is 0 Å². The van der Waals surface area contributed by atoms with Crippen molar-refractivity contribution >= 4 is 10.2 Å². The van der Waals surface area contributed by atoms with Gasteiger partial charge in [0.1, 0.15) is 0 Å². The summed E-state index contributed by atoms with van der Waals surface area (Å²) in [5.74, 6) is 0. The van der Waals surface area contributed by atoms with Gasteiger partial charge in [-0.15, -0.1) is 3.97 Å². The highest BCUT2D eigenvalue weighted by atomic mass is 32.2. The summed E-state index contributed by atoms with van der Waals surface area (Å²) in [6.45, 7) is 9.69. The number of aryl methyl sites for hydroxylation is 1. The second-order valence-corrected chi connectivity index (χ2v) is 12.5. The summed E-state index contributed by atoms with van der Waals surface area (Å²) in [5, 5.41) is 0. The van der Waals surface area contributed by atoms with Gasteiger partial charge in [-0.3, -0.25) is 0 Å². The van der Waals surface area contributed by atoms with E-state index >= 15 is 0 Å². The zero-order valence-electron chi connectivity index (χ0n) is 21.8. The number of unbranched alkanes of at least 4 members (excludes halogenated alkanes) is 9. The molecule has 0 saturated carbocycles. The first-order chi connectivity index (χ1) is 15.6. The molecule has 186 valence electrons. The summed E-state index contributed by atoms with van der Waals surface area (Å²) in [6, 6.07) is 8.52. The first kappa shape index (κ1) is 27.6. The second-order valence-electron chi connectivity index (χ2n) is 10.5. The van der Waals surface area contributed by atoms with Gasteiger partial charge >= 0.3 is 10.2 Å². The highest BCUT2D eigenvalue weighted by Gasteiger charge is 2.26. The Labute approximate surface area is 203 Å². The monoisotopic (exact) mass is 476 g/mol. The van der Waals surface area contributed by atoms with Crippen LogP contribution in [0.4, 0.5) is 0 Å². The molecule has 33 heavy (non-hydrogen) atoms. The molecule has 1 aromatic carbocycles. The molecule has 0 saturated heterocycles. The van der Waals surface area contributed by atoms with Crippen LogP contribution in [0.1, 0.15) is 97.5 Å². The van der Waals surface area contributed by atoms with Gasteiger partial charge in [-0.25, -0.2) is 4.57 Å². The lowest BCUT2D eigenvalue weighted by Crippen LogP contribution is -2.48. The largest absolute Gasteiger partial charge is 0.379 e. The quantitative estimate of drug-likeness (QED) is 0.237. The molecule has 0 amide bonds. The predicted octanol–water partition coefficient (Wildman–Crippen LogP) is 6.32. The van der Waals surface area contributed by atoms with Crippen molar-refractivity contribution in [2.75, 3.05) is 14.1 Å². The number of hydrogen-bond donors (Lipinski definition) is 0. The molecule has 0 atom stereocenters. The molecule has 1 heterocycles. The van der Waals surface area contributed by atoms with Crippen LogP contribution >= 0.6 is 0 Å². The standard InChI is InChI=1S/C27H46N3O2S/c1-7-8-9-10-11-12-13-14-15-16-21-29-23-30(33(31,32)28(5)6)22-26(29)24-17-19-25(20-18-24)27(2,3)4/h17-20,22-23H,7-16,21H2,1-6H3/q+1. The van der Waals surface area contributed by atoms with Gasteiger partial charge in [0.05, 0.1) is 6.54 Å². The Morgan fingerprint density at radius 2 is 1.36 bits per heavy atom. The lowest BCUT2D eigenvalue weighted by atomic mass is 9.86. The first-order valence-corrected chi connectivity index (χ1v) is 14.1. The van der Waals surface area contributed by atoms with Crippen LogP contribution in [0.2, 0.25) is 0 Å². The van der Waals surface area contributed by atoms with Crippen LogP contribution in [0.15, 0.2) is 36.8 Å². The maximum atomic E-state index is 12.7. The molecule has 6 heteroatoms. The zero-order chi connectivity index (χ0) is 24.5. The molecule has 0 bridgehead atoms. The van der Waals surface area contributed by atoms with E-state index in [-0.39, 0.29) is 5.41 Å². The predicted molar refractivity (Wildman–Crippen MR) is 139 cm³/mol. The van der Waals surface area contributed by atoms with Crippen LogP contribution < -0.4 is 3.97 Å². The molecule has 0 aliphatic carbocycles. The molecule has 0 spiro atoms. The van der Waals surface area contributed by atoms with E-state index in [1.807, 2.05) is 0 Å². The Morgan fingerprint density at radius 1 is 0.848 bits per heavy atom. The minimum Gasteiger partial charge on any atom is -0.229 e. The Hall–Kier alpha value is -1.66. The molecular formula is C27H46N3O2S+. The van der Waals surface area contributed by atoms with E-state index in [0.717, 1.165) is 24.2 Å². The lowest BCUT2D eigenvalue weighted by Gasteiger charge is -2.18. The summed E-state index contributed by atoms with van der Waals surface area (Å²) in [4.78, 5) is 0. The molecule has 0 aliphatic heterocycles. The summed E-state index contributed by atoms with van der Waals surface area (Å²) in [7, 11) is -0.403. The van der Waals surface area contributed by atoms with Crippen molar-refractivity contribution < 1.29 is 12.4 Å². The highest BCUT2D eigenvalue weighted by molar-refractivity contribution is 7.82. The molecule has 0 unspecified atom stereocenters. The highest BCUT2D eigenvalue weighted by Crippen LogP contribution is 2.26. The fraction of sp³-hybridized carbons (Fsp3) is 0.667. The van der Waals surface area contributed by atoms with Crippen molar-refractivity contribution in [3.05, 3.63) is 42.4 Å². The van der Waals surface area contributed by atoms with Gasteiger partial charge in [0, 0.05) is 19.7 Å². The van der Waals surface area contributed by atoms with Crippen molar-refractivity contribution in [1.82, 2.24) is 8.87 Å². The van der Waals surface area contributed by atoms with Crippen LogP contribution in [0.3, 0.4) is 0 Å². The van der Waals surface area contributed by atoms with Gasteiger partial charge in [0.2, 0.25) is 0 Å². The average Bonchev–Trinajstić information content (AvgIpc) is 3.19. The molecule has 0 radical (unpaired) electrons. The molecule has 1 aromatic heterocycles. The van der Waals surface area contributed by atoms with Crippen LogP contribution in [0, 0.1) is 0 Å². The third-order valence-electron chi connectivity index (χ3n) is 6.34. The third-order valence-corrected chi connectivity index (χ3v) is 7.99. The fourth-order valence-corrected chi connectivity index (χ4v) is 4.91. The van der Waals surface area contributed by atoms with Gasteiger partial charge < -0.3 is 0 Å². The van der Waals surface area contributed by atoms with Crippen molar-refractivity contribution in [3.63, 3.8) is 0 Å². The minimum atomic E-state index is -3.54.